The third-order valence-electron chi connectivity index (χ3n) is 6.87. The van der Waals surface area contributed by atoms with Gasteiger partial charge in [-0.2, -0.15) is 0 Å². The third kappa shape index (κ3) is 7.71. The van der Waals surface area contributed by atoms with Gasteiger partial charge in [0.05, 0.1) is 19.1 Å². The fraction of sp³-hybridized carbons (Fsp3) is 0.500. The topological polar surface area (TPSA) is 96.0 Å². The van der Waals surface area contributed by atoms with Gasteiger partial charge in [0.1, 0.15) is 18.3 Å². The van der Waals surface area contributed by atoms with Crippen LogP contribution in [-0.4, -0.2) is 57.1 Å². The number of benzene rings is 2. The number of methoxy groups -OCH3 is 1. The SMILES string of the molecule is COc1ccc(C)cc1N(CC(=O)N(Cc1ccc(C)cc1)[C@@H](C)C(=O)NC1CCCCC1)S(C)(=O)=O. The van der Waals surface area contributed by atoms with Crippen LogP contribution in [0.15, 0.2) is 42.5 Å². The molecule has 0 aliphatic heterocycles. The van der Waals surface area contributed by atoms with Crippen LogP contribution in [0.4, 0.5) is 5.69 Å². The summed E-state index contributed by atoms with van der Waals surface area (Å²) >= 11 is 0. The number of sulfonamides is 1. The molecule has 0 spiro atoms. The number of hydrogen-bond acceptors (Lipinski definition) is 5. The largest absolute Gasteiger partial charge is 0.495 e. The second-order valence-electron chi connectivity index (χ2n) is 9.97. The molecule has 1 saturated carbocycles. The molecule has 3 rings (SSSR count). The Morgan fingerprint density at radius 2 is 1.65 bits per heavy atom. The van der Waals surface area contributed by atoms with Gasteiger partial charge >= 0.3 is 0 Å². The normalized spacial score (nSPS) is 15.1. The molecule has 9 heteroatoms. The van der Waals surface area contributed by atoms with Crippen LogP contribution in [-0.2, 0) is 26.2 Å². The van der Waals surface area contributed by atoms with E-state index in [2.05, 4.69) is 5.32 Å². The van der Waals surface area contributed by atoms with Crippen LogP contribution in [0.2, 0.25) is 0 Å². The number of carbonyl (C=O) groups is 2. The van der Waals surface area contributed by atoms with E-state index >= 15 is 0 Å². The van der Waals surface area contributed by atoms with Crippen molar-refractivity contribution in [1.82, 2.24) is 10.2 Å². The second-order valence-corrected chi connectivity index (χ2v) is 11.9. The average molecular weight is 530 g/mol. The summed E-state index contributed by atoms with van der Waals surface area (Å²) in [6.45, 7) is 5.24. The quantitative estimate of drug-likeness (QED) is 0.503. The van der Waals surface area contributed by atoms with E-state index in [1.54, 1.807) is 19.1 Å². The van der Waals surface area contributed by atoms with Crippen LogP contribution in [0.1, 0.15) is 55.7 Å². The Morgan fingerprint density at radius 1 is 1.03 bits per heavy atom. The van der Waals surface area contributed by atoms with Gasteiger partial charge in [-0.15, -0.1) is 0 Å². The molecular formula is C28H39N3O5S. The molecule has 2 aromatic carbocycles. The molecule has 2 amide bonds. The van der Waals surface area contributed by atoms with Gasteiger partial charge in [0, 0.05) is 12.6 Å². The molecule has 0 heterocycles. The number of nitrogens with zero attached hydrogens (tertiary/aromatic N) is 2. The van der Waals surface area contributed by atoms with Crippen molar-refractivity contribution in [2.75, 3.05) is 24.2 Å². The molecule has 0 saturated heterocycles. The first-order valence-electron chi connectivity index (χ1n) is 12.8. The van der Waals surface area contributed by atoms with Crippen LogP contribution in [0.5, 0.6) is 5.75 Å². The lowest BCUT2D eigenvalue weighted by Crippen LogP contribution is -2.53. The van der Waals surface area contributed by atoms with Gasteiger partial charge in [-0.05, 0) is 56.9 Å². The van der Waals surface area contributed by atoms with E-state index in [0.717, 1.165) is 52.9 Å². The van der Waals surface area contributed by atoms with E-state index < -0.39 is 28.5 Å². The van der Waals surface area contributed by atoms with E-state index in [1.807, 2.05) is 44.2 Å². The van der Waals surface area contributed by atoms with Crippen LogP contribution in [0, 0.1) is 13.8 Å². The first-order valence-corrected chi connectivity index (χ1v) is 14.6. The highest BCUT2D eigenvalue weighted by Gasteiger charge is 2.32. The number of aryl methyl sites for hydroxylation is 2. The molecule has 1 N–H and O–H groups in total. The first kappa shape index (κ1) is 28.5. The molecule has 0 bridgehead atoms. The lowest BCUT2D eigenvalue weighted by molar-refractivity contribution is -0.139. The van der Waals surface area contributed by atoms with Gasteiger partial charge < -0.3 is 15.0 Å². The minimum atomic E-state index is -3.84. The summed E-state index contributed by atoms with van der Waals surface area (Å²) in [5.74, 6) is -0.357. The van der Waals surface area contributed by atoms with Crippen molar-refractivity contribution in [1.29, 1.82) is 0 Å². The molecule has 2 aromatic rings. The zero-order chi connectivity index (χ0) is 27.2. The number of ether oxygens (including phenoxy) is 1. The van der Waals surface area contributed by atoms with Crippen molar-refractivity contribution >= 4 is 27.5 Å². The van der Waals surface area contributed by atoms with Gasteiger partial charge in [0.15, 0.2) is 0 Å². The Hall–Kier alpha value is -3.07. The second kappa shape index (κ2) is 12.4. The van der Waals surface area contributed by atoms with Crippen LogP contribution >= 0.6 is 0 Å². The highest BCUT2D eigenvalue weighted by atomic mass is 32.2. The molecule has 0 radical (unpaired) electrons. The molecule has 1 atom stereocenters. The molecular weight excluding hydrogens is 490 g/mol. The molecule has 8 nitrogen and oxygen atoms in total. The maximum Gasteiger partial charge on any atom is 0.244 e. The van der Waals surface area contributed by atoms with E-state index in [1.165, 1.54) is 18.4 Å². The van der Waals surface area contributed by atoms with Crippen molar-refractivity contribution in [3.63, 3.8) is 0 Å². The van der Waals surface area contributed by atoms with Crippen LogP contribution in [0.3, 0.4) is 0 Å². The lowest BCUT2D eigenvalue weighted by Gasteiger charge is -2.33. The molecule has 37 heavy (non-hydrogen) atoms. The summed E-state index contributed by atoms with van der Waals surface area (Å²) in [7, 11) is -2.38. The third-order valence-corrected chi connectivity index (χ3v) is 8.00. The molecule has 0 aromatic heterocycles. The number of anilines is 1. The number of nitrogens with one attached hydrogen (secondary N) is 1. The first-order chi connectivity index (χ1) is 17.5. The van der Waals surface area contributed by atoms with Crippen molar-refractivity contribution in [2.24, 2.45) is 0 Å². The average Bonchev–Trinajstić information content (AvgIpc) is 2.86. The Labute approximate surface area is 221 Å². The number of rotatable bonds is 10. The number of carbonyl (C=O) groups excluding carboxylic acids is 2. The summed E-state index contributed by atoms with van der Waals surface area (Å²) in [5.41, 5.74) is 3.05. The molecule has 202 valence electrons. The summed E-state index contributed by atoms with van der Waals surface area (Å²) < 4.78 is 32.2. The maximum absolute atomic E-state index is 13.8. The van der Waals surface area contributed by atoms with Gasteiger partial charge in [-0.25, -0.2) is 8.42 Å². The fourth-order valence-corrected chi connectivity index (χ4v) is 5.48. The Kier molecular flexibility index (Phi) is 9.59. The van der Waals surface area contributed by atoms with Gasteiger partial charge in [-0.1, -0.05) is 55.2 Å². The highest BCUT2D eigenvalue weighted by Crippen LogP contribution is 2.31. The van der Waals surface area contributed by atoms with Gasteiger partial charge in [0.25, 0.3) is 0 Å². The monoisotopic (exact) mass is 529 g/mol. The van der Waals surface area contributed by atoms with Gasteiger partial charge in [-0.3, -0.25) is 13.9 Å². The van der Waals surface area contributed by atoms with E-state index in [4.69, 9.17) is 4.74 Å². The molecule has 1 aliphatic carbocycles. The van der Waals surface area contributed by atoms with E-state index in [-0.39, 0.29) is 24.2 Å². The summed E-state index contributed by atoms with van der Waals surface area (Å²) in [6.07, 6.45) is 6.24. The summed E-state index contributed by atoms with van der Waals surface area (Å²) in [6, 6.07) is 12.2. The summed E-state index contributed by atoms with van der Waals surface area (Å²) in [4.78, 5) is 28.5. The van der Waals surface area contributed by atoms with Crippen molar-refractivity contribution in [3.05, 3.63) is 59.2 Å². The van der Waals surface area contributed by atoms with E-state index in [9.17, 15) is 18.0 Å². The Bertz CT molecular complexity index is 1190. The predicted molar refractivity (Wildman–Crippen MR) is 146 cm³/mol. The van der Waals surface area contributed by atoms with Crippen LogP contribution < -0.4 is 14.4 Å². The van der Waals surface area contributed by atoms with Crippen molar-refractivity contribution < 1.29 is 22.7 Å². The maximum atomic E-state index is 13.8. The lowest BCUT2D eigenvalue weighted by atomic mass is 9.95. The number of amides is 2. The predicted octanol–water partition coefficient (Wildman–Crippen LogP) is 3.94. The van der Waals surface area contributed by atoms with Gasteiger partial charge in [0.2, 0.25) is 21.8 Å². The zero-order valence-corrected chi connectivity index (χ0v) is 23.3. The van der Waals surface area contributed by atoms with Crippen LogP contribution in [0.25, 0.3) is 0 Å². The summed E-state index contributed by atoms with van der Waals surface area (Å²) in [5, 5.41) is 3.11. The fourth-order valence-electron chi connectivity index (χ4n) is 4.63. The minimum absolute atomic E-state index is 0.101. The number of hydrogen-bond donors (Lipinski definition) is 1. The molecule has 1 fully saturated rings. The highest BCUT2D eigenvalue weighted by molar-refractivity contribution is 7.92. The Morgan fingerprint density at radius 3 is 2.24 bits per heavy atom. The molecule has 1 aliphatic rings. The van der Waals surface area contributed by atoms with Crippen molar-refractivity contribution in [2.45, 2.75) is 71.5 Å². The smallest absolute Gasteiger partial charge is 0.244 e. The van der Waals surface area contributed by atoms with Crippen molar-refractivity contribution in [3.8, 4) is 5.75 Å². The molecule has 0 unspecified atom stereocenters. The standard InChI is InChI=1S/C28H39N3O5S/c1-20-11-14-23(15-12-20)18-30(22(3)28(33)29-24-9-7-6-8-10-24)27(32)19-31(37(5,34)35)25-17-21(2)13-16-26(25)36-4/h11-17,22,24H,6-10,18-19H2,1-5H3,(H,29,33)/t22-/m0/s1. The van der Waals surface area contributed by atoms with E-state index in [0.29, 0.717) is 5.75 Å². The zero-order valence-electron chi connectivity index (χ0n) is 22.5. The minimum Gasteiger partial charge on any atom is -0.495 e. The Balaban J connectivity index is 1.91.